The molecule has 0 atom stereocenters. The number of nitrogen functional groups attached to an aromatic ring is 1. The van der Waals surface area contributed by atoms with Gasteiger partial charge in [-0.3, -0.25) is 4.79 Å². The maximum absolute atomic E-state index is 12.6. The molecule has 29 heavy (non-hydrogen) atoms. The molecule has 0 saturated carbocycles. The van der Waals surface area contributed by atoms with Crippen LogP contribution < -0.4 is 11.5 Å². The van der Waals surface area contributed by atoms with Crippen LogP contribution in [0.1, 0.15) is 39.9 Å². The molecule has 5 heteroatoms. The Morgan fingerprint density at radius 3 is 2.55 bits per heavy atom. The predicted molar refractivity (Wildman–Crippen MR) is 116 cm³/mol. The molecule has 0 unspecified atom stereocenters. The molecule has 4 N–H and O–H groups in total. The van der Waals surface area contributed by atoms with Gasteiger partial charge < -0.3 is 16.4 Å². The number of pyridine rings is 1. The summed E-state index contributed by atoms with van der Waals surface area (Å²) in [6, 6.07) is 13.7. The lowest BCUT2D eigenvalue weighted by Crippen LogP contribution is -2.42. The van der Waals surface area contributed by atoms with Gasteiger partial charge in [0.15, 0.2) is 0 Å². The molecule has 3 aromatic rings. The van der Waals surface area contributed by atoms with Crippen molar-refractivity contribution in [2.75, 3.05) is 18.8 Å². The van der Waals surface area contributed by atoms with Crippen molar-refractivity contribution in [3.8, 4) is 11.8 Å². The fraction of sp³-hybridized carbons (Fsp3) is 0.250. The smallest absolute Gasteiger partial charge is 0.253 e. The zero-order valence-corrected chi connectivity index (χ0v) is 16.5. The zero-order chi connectivity index (χ0) is 20.4. The Hall–Kier alpha value is -3.36. The number of nitrogens with zero attached hydrogens (tertiary/aromatic N) is 2. The van der Waals surface area contributed by atoms with E-state index >= 15 is 0 Å². The SMILES string of the molecule is Cc1ccc2cnc(N)c(C#Cc3ccc(C(=O)N4CCC(N)CC4)cc3)c2c1. The normalized spacial score (nSPS) is 14.5. The predicted octanol–water partition coefficient (Wildman–Crippen LogP) is 3.09. The fourth-order valence-electron chi connectivity index (χ4n) is 3.59. The number of benzene rings is 2. The first kappa shape index (κ1) is 19.0. The molecular weight excluding hydrogens is 360 g/mol. The zero-order valence-electron chi connectivity index (χ0n) is 16.5. The molecule has 5 nitrogen and oxygen atoms in total. The number of hydrogen-bond donors (Lipinski definition) is 2. The molecule has 2 heterocycles. The van der Waals surface area contributed by atoms with Crippen molar-refractivity contribution < 1.29 is 4.79 Å². The minimum absolute atomic E-state index is 0.0504. The number of anilines is 1. The van der Waals surface area contributed by atoms with Crippen LogP contribution in [0.25, 0.3) is 10.8 Å². The second-order valence-corrected chi connectivity index (χ2v) is 7.57. The number of fused-ring (bicyclic) bond motifs is 1. The molecule has 0 spiro atoms. The van der Waals surface area contributed by atoms with Gasteiger partial charge in [0.1, 0.15) is 5.82 Å². The van der Waals surface area contributed by atoms with Gasteiger partial charge in [-0.2, -0.15) is 0 Å². The Morgan fingerprint density at radius 1 is 1.10 bits per heavy atom. The molecule has 1 aliphatic heterocycles. The molecular formula is C24H24N4O. The number of carbonyl (C=O) groups is 1. The van der Waals surface area contributed by atoms with Crippen LogP contribution in [0.3, 0.4) is 0 Å². The molecule has 146 valence electrons. The highest BCUT2D eigenvalue weighted by atomic mass is 16.2. The van der Waals surface area contributed by atoms with Crippen molar-refractivity contribution in [2.24, 2.45) is 5.73 Å². The minimum atomic E-state index is 0.0504. The molecule has 0 radical (unpaired) electrons. The summed E-state index contributed by atoms with van der Waals surface area (Å²) in [4.78, 5) is 18.8. The third kappa shape index (κ3) is 4.08. The molecule has 2 aromatic carbocycles. The van der Waals surface area contributed by atoms with Gasteiger partial charge in [-0.25, -0.2) is 4.98 Å². The Balaban J connectivity index is 1.57. The molecule has 1 aromatic heterocycles. The van der Waals surface area contributed by atoms with Gasteiger partial charge >= 0.3 is 0 Å². The van der Waals surface area contributed by atoms with E-state index in [9.17, 15) is 4.79 Å². The Bertz CT molecular complexity index is 1110. The van der Waals surface area contributed by atoms with Crippen molar-refractivity contribution in [1.29, 1.82) is 0 Å². The van der Waals surface area contributed by atoms with E-state index in [1.807, 2.05) is 48.2 Å². The van der Waals surface area contributed by atoms with Crippen LogP contribution in [0.2, 0.25) is 0 Å². The molecule has 0 bridgehead atoms. The summed E-state index contributed by atoms with van der Waals surface area (Å²) in [5.41, 5.74) is 15.4. The van der Waals surface area contributed by atoms with Gasteiger partial charge in [-0.15, -0.1) is 0 Å². The summed E-state index contributed by atoms with van der Waals surface area (Å²) in [6.45, 7) is 3.47. The van der Waals surface area contributed by atoms with E-state index < -0.39 is 0 Å². The molecule has 4 rings (SSSR count). The number of aryl methyl sites for hydroxylation is 1. The Labute approximate surface area is 170 Å². The van der Waals surface area contributed by atoms with E-state index in [1.54, 1.807) is 6.20 Å². The number of piperidine rings is 1. The maximum Gasteiger partial charge on any atom is 0.253 e. The van der Waals surface area contributed by atoms with Gasteiger partial charge in [0, 0.05) is 47.2 Å². The van der Waals surface area contributed by atoms with Gasteiger partial charge in [-0.05, 0) is 50.1 Å². The highest BCUT2D eigenvalue weighted by Gasteiger charge is 2.21. The van der Waals surface area contributed by atoms with E-state index in [2.05, 4.69) is 22.9 Å². The second-order valence-electron chi connectivity index (χ2n) is 7.57. The van der Waals surface area contributed by atoms with Crippen LogP contribution in [0, 0.1) is 18.8 Å². The van der Waals surface area contributed by atoms with Crippen LogP contribution >= 0.6 is 0 Å². The topological polar surface area (TPSA) is 85.2 Å². The van der Waals surface area contributed by atoms with Gasteiger partial charge in [0.2, 0.25) is 0 Å². The van der Waals surface area contributed by atoms with E-state index in [0.717, 1.165) is 40.3 Å². The Kier molecular flexibility index (Phi) is 5.20. The Morgan fingerprint density at radius 2 is 1.83 bits per heavy atom. The van der Waals surface area contributed by atoms with Crippen LogP contribution in [-0.2, 0) is 0 Å². The van der Waals surface area contributed by atoms with Crippen molar-refractivity contribution in [3.05, 3.63) is 70.9 Å². The maximum atomic E-state index is 12.6. The third-order valence-electron chi connectivity index (χ3n) is 5.37. The molecule has 0 aliphatic carbocycles. The van der Waals surface area contributed by atoms with Gasteiger partial charge in [-0.1, -0.05) is 29.5 Å². The third-order valence-corrected chi connectivity index (χ3v) is 5.37. The lowest BCUT2D eigenvalue weighted by molar-refractivity contribution is 0.0715. The second kappa shape index (κ2) is 7.94. The van der Waals surface area contributed by atoms with E-state index in [-0.39, 0.29) is 11.9 Å². The summed E-state index contributed by atoms with van der Waals surface area (Å²) < 4.78 is 0. The standard InChI is InChI=1S/C24H24N4O/c1-16-2-6-19-15-27-23(26)21(22(19)14-16)9-5-17-3-7-18(8-4-17)24(29)28-12-10-20(25)11-13-28/h2-4,6-8,14-15,20H,10-13,25H2,1H3,(H2,26,27). The highest BCUT2D eigenvalue weighted by Crippen LogP contribution is 2.23. The van der Waals surface area contributed by atoms with Crippen LogP contribution in [-0.4, -0.2) is 34.9 Å². The first-order valence-corrected chi connectivity index (χ1v) is 9.83. The number of nitrogens with two attached hydrogens (primary N) is 2. The molecule has 1 fully saturated rings. The number of hydrogen-bond acceptors (Lipinski definition) is 4. The largest absolute Gasteiger partial charge is 0.383 e. The summed E-state index contributed by atoms with van der Waals surface area (Å²) in [5.74, 6) is 6.80. The summed E-state index contributed by atoms with van der Waals surface area (Å²) >= 11 is 0. The summed E-state index contributed by atoms with van der Waals surface area (Å²) in [7, 11) is 0. The van der Waals surface area contributed by atoms with Crippen molar-refractivity contribution >= 4 is 22.5 Å². The fourth-order valence-corrected chi connectivity index (χ4v) is 3.59. The average Bonchev–Trinajstić information content (AvgIpc) is 2.73. The number of likely N-dealkylation sites (tertiary alicyclic amines) is 1. The first-order chi connectivity index (χ1) is 14.0. The van der Waals surface area contributed by atoms with Crippen molar-refractivity contribution in [1.82, 2.24) is 9.88 Å². The number of amides is 1. The van der Waals surface area contributed by atoms with Crippen LogP contribution in [0.4, 0.5) is 5.82 Å². The van der Waals surface area contributed by atoms with Crippen LogP contribution in [0.15, 0.2) is 48.7 Å². The molecule has 1 saturated heterocycles. The molecule has 1 aliphatic rings. The van der Waals surface area contributed by atoms with Gasteiger partial charge in [0.05, 0.1) is 5.56 Å². The van der Waals surface area contributed by atoms with Crippen LogP contribution in [0.5, 0.6) is 0 Å². The summed E-state index contributed by atoms with van der Waals surface area (Å²) in [5, 5.41) is 2.01. The monoisotopic (exact) mass is 384 g/mol. The highest BCUT2D eigenvalue weighted by molar-refractivity contribution is 5.94. The average molecular weight is 384 g/mol. The van der Waals surface area contributed by atoms with Crippen molar-refractivity contribution in [2.45, 2.75) is 25.8 Å². The minimum Gasteiger partial charge on any atom is -0.383 e. The van der Waals surface area contributed by atoms with E-state index in [0.29, 0.717) is 24.5 Å². The number of aromatic nitrogens is 1. The number of rotatable bonds is 1. The summed E-state index contributed by atoms with van der Waals surface area (Å²) in [6.07, 6.45) is 3.48. The lowest BCUT2D eigenvalue weighted by Gasteiger charge is -2.30. The van der Waals surface area contributed by atoms with E-state index in [4.69, 9.17) is 11.5 Å². The quantitative estimate of drug-likeness (QED) is 0.632. The van der Waals surface area contributed by atoms with Gasteiger partial charge in [0.25, 0.3) is 5.91 Å². The number of carbonyl (C=O) groups excluding carboxylic acids is 1. The van der Waals surface area contributed by atoms with E-state index in [1.165, 1.54) is 0 Å². The van der Waals surface area contributed by atoms with Crippen molar-refractivity contribution in [3.63, 3.8) is 0 Å². The first-order valence-electron chi connectivity index (χ1n) is 9.83. The molecule has 1 amide bonds. The lowest BCUT2D eigenvalue weighted by atomic mass is 10.0.